The highest BCUT2D eigenvalue weighted by molar-refractivity contribution is 7.13. The van der Waals surface area contributed by atoms with E-state index < -0.39 is 0 Å². The van der Waals surface area contributed by atoms with Crippen LogP contribution in [0.25, 0.3) is 0 Å². The van der Waals surface area contributed by atoms with E-state index in [1.165, 1.54) is 11.3 Å². The number of nitrogen functional groups attached to an aromatic ring is 1. The number of hydrogen-bond acceptors (Lipinski definition) is 6. The summed E-state index contributed by atoms with van der Waals surface area (Å²) in [6, 6.07) is 14.9. The quantitative estimate of drug-likeness (QED) is 0.592. The number of carbonyl (C=O) groups excluding carboxylic acids is 2. The summed E-state index contributed by atoms with van der Waals surface area (Å²) >= 11 is 1.32. The average Bonchev–Trinajstić information content (AvgIpc) is 3.23. The molecule has 3 N–H and O–H groups in total. The van der Waals surface area contributed by atoms with Crippen molar-refractivity contribution in [2.45, 2.75) is 13.0 Å². The third-order valence-corrected chi connectivity index (χ3v) is 6.53. The van der Waals surface area contributed by atoms with Crippen molar-refractivity contribution in [2.75, 3.05) is 48.5 Å². The standard InChI is InChI=1S/C23H26N6O2S/c1-27(2)15-8-10-16(11-9-15)28(3)23(31)29-13-12-19-20(14-29)32-22(26-19)21(30)25-18-7-5-4-6-17(18)24/h4-11H,12-14,24H2,1-3H3,(H,25,30). The Labute approximate surface area is 191 Å². The maximum Gasteiger partial charge on any atom is 0.324 e. The number of nitrogens with two attached hydrogens (primary N) is 1. The van der Waals surface area contributed by atoms with Crippen LogP contribution in [0.4, 0.5) is 27.5 Å². The molecule has 1 aromatic heterocycles. The summed E-state index contributed by atoms with van der Waals surface area (Å²) in [5.41, 5.74) is 9.75. The first-order chi connectivity index (χ1) is 15.3. The normalized spacial score (nSPS) is 12.8. The number of para-hydroxylation sites is 2. The molecule has 0 bridgehead atoms. The Morgan fingerprint density at radius 2 is 1.75 bits per heavy atom. The summed E-state index contributed by atoms with van der Waals surface area (Å²) in [7, 11) is 5.74. The minimum Gasteiger partial charge on any atom is -0.397 e. The van der Waals surface area contributed by atoms with Crippen LogP contribution < -0.4 is 20.9 Å². The van der Waals surface area contributed by atoms with Crippen LogP contribution in [0.5, 0.6) is 0 Å². The van der Waals surface area contributed by atoms with E-state index in [0.29, 0.717) is 35.9 Å². The lowest BCUT2D eigenvalue weighted by atomic mass is 10.2. The Bertz CT molecular complexity index is 1140. The molecule has 0 saturated heterocycles. The van der Waals surface area contributed by atoms with Gasteiger partial charge in [0.15, 0.2) is 5.01 Å². The highest BCUT2D eigenvalue weighted by Crippen LogP contribution is 2.28. The second-order valence-corrected chi connectivity index (χ2v) is 8.94. The number of anilines is 4. The third-order valence-electron chi connectivity index (χ3n) is 5.45. The van der Waals surface area contributed by atoms with Gasteiger partial charge >= 0.3 is 6.03 Å². The van der Waals surface area contributed by atoms with Crippen molar-refractivity contribution >= 4 is 46.0 Å². The number of hydrogen-bond donors (Lipinski definition) is 2. The monoisotopic (exact) mass is 450 g/mol. The zero-order valence-electron chi connectivity index (χ0n) is 18.3. The van der Waals surface area contributed by atoms with E-state index in [-0.39, 0.29) is 11.9 Å². The lowest BCUT2D eigenvalue weighted by molar-refractivity contribution is 0.102. The van der Waals surface area contributed by atoms with Crippen LogP contribution >= 0.6 is 11.3 Å². The maximum absolute atomic E-state index is 13.1. The SMILES string of the molecule is CN(C)c1ccc(N(C)C(=O)N2CCc3nc(C(=O)Nc4ccccc4N)sc3C2)cc1. The van der Waals surface area contributed by atoms with Crippen LogP contribution in [-0.4, -0.2) is 49.5 Å². The molecule has 1 aliphatic heterocycles. The number of rotatable bonds is 4. The molecule has 8 nitrogen and oxygen atoms in total. The zero-order chi connectivity index (χ0) is 22.8. The lowest BCUT2D eigenvalue weighted by Crippen LogP contribution is -2.43. The molecule has 3 aromatic rings. The Morgan fingerprint density at radius 1 is 1.06 bits per heavy atom. The Kier molecular flexibility index (Phi) is 6.00. The van der Waals surface area contributed by atoms with Gasteiger partial charge in [-0.3, -0.25) is 9.69 Å². The molecule has 0 aliphatic carbocycles. The van der Waals surface area contributed by atoms with Gasteiger partial charge in [-0.05, 0) is 36.4 Å². The van der Waals surface area contributed by atoms with Crippen LogP contribution in [0, 0.1) is 0 Å². The van der Waals surface area contributed by atoms with Crippen molar-refractivity contribution in [3.8, 4) is 0 Å². The van der Waals surface area contributed by atoms with Gasteiger partial charge in [0.25, 0.3) is 5.91 Å². The van der Waals surface area contributed by atoms with Gasteiger partial charge in [0.05, 0.1) is 23.6 Å². The first-order valence-corrected chi connectivity index (χ1v) is 11.1. The van der Waals surface area contributed by atoms with Crippen LogP contribution in [-0.2, 0) is 13.0 Å². The van der Waals surface area contributed by atoms with Crippen molar-refractivity contribution in [3.63, 3.8) is 0 Å². The van der Waals surface area contributed by atoms with Gasteiger partial charge < -0.3 is 20.9 Å². The Balaban J connectivity index is 1.44. The van der Waals surface area contributed by atoms with Crippen molar-refractivity contribution < 1.29 is 9.59 Å². The van der Waals surface area contributed by atoms with Crippen LogP contribution in [0.15, 0.2) is 48.5 Å². The molecule has 1 aliphatic rings. The van der Waals surface area contributed by atoms with Gasteiger partial charge in [-0.2, -0.15) is 0 Å². The summed E-state index contributed by atoms with van der Waals surface area (Å²) in [6.07, 6.45) is 0.617. The summed E-state index contributed by atoms with van der Waals surface area (Å²) in [5, 5.41) is 3.19. The summed E-state index contributed by atoms with van der Waals surface area (Å²) in [6.45, 7) is 0.995. The molecule has 3 amide bonds. The van der Waals surface area contributed by atoms with Gasteiger partial charge in [-0.25, -0.2) is 9.78 Å². The van der Waals surface area contributed by atoms with E-state index in [1.807, 2.05) is 55.4 Å². The molecule has 9 heteroatoms. The third kappa shape index (κ3) is 4.38. The van der Waals surface area contributed by atoms with Crippen molar-refractivity contribution in [2.24, 2.45) is 0 Å². The van der Waals surface area contributed by atoms with Crippen molar-refractivity contribution in [1.29, 1.82) is 0 Å². The average molecular weight is 451 g/mol. The Morgan fingerprint density at radius 3 is 2.44 bits per heavy atom. The van der Waals surface area contributed by atoms with Gasteiger partial charge in [0, 0.05) is 50.4 Å². The van der Waals surface area contributed by atoms with Gasteiger partial charge in [0.1, 0.15) is 0 Å². The fourth-order valence-electron chi connectivity index (χ4n) is 3.54. The molecule has 0 saturated carbocycles. The lowest BCUT2D eigenvalue weighted by Gasteiger charge is -2.30. The van der Waals surface area contributed by atoms with Crippen LogP contribution in [0.1, 0.15) is 20.4 Å². The van der Waals surface area contributed by atoms with Crippen LogP contribution in [0.3, 0.4) is 0 Å². The molecule has 0 unspecified atom stereocenters. The molecular formula is C23H26N6O2S. The number of amides is 3. The number of benzene rings is 2. The Hall–Kier alpha value is -3.59. The number of nitrogens with zero attached hydrogens (tertiary/aromatic N) is 4. The summed E-state index contributed by atoms with van der Waals surface area (Å²) in [5.74, 6) is -0.293. The topological polar surface area (TPSA) is 94.8 Å². The minimum absolute atomic E-state index is 0.0790. The smallest absolute Gasteiger partial charge is 0.324 e. The highest BCUT2D eigenvalue weighted by Gasteiger charge is 2.28. The highest BCUT2D eigenvalue weighted by atomic mass is 32.1. The van der Waals surface area contributed by atoms with Gasteiger partial charge in [-0.1, -0.05) is 12.1 Å². The van der Waals surface area contributed by atoms with Gasteiger partial charge in [0.2, 0.25) is 0 Å². The van der Waals surface area contributed by atoms with Crippen molar-refractivity contribution in [3.05, 3.63) is 64.1 Å². The number of thiazole rings is 1. The van der Waals surface area contributed by atoms with E-state index in [9.17, 15) is 9.59 Å². The molecule has 0 radical (unpaired) electrons. The summed E-state index contributed by atoms with van der Waals surface area (Å²) in [4.78, 5) is 36.6. The molecule has 4 rings (SSSR count). The fourth-order valence-corrected chi connectivity index (χ4v) is 4.56. The number of carbonyl (C=O) groups is 2. The van der Waals surface area contributed by atoms with E-state index in [4.69, 9.17) is 5.73 Å². The molecule has 0 spiro atoms. The maximum atomic E-state index is 13.1. The zero-order valence-corrected chi connectivity index (χ0v) is 19.1. The van der Waals surface area contributed by atoms with Gasteiger partial charge in [-0.15, -0.1) is 11.3 Å². The molecule has 2 aromatic carbocycles. The van der Waals surface area contributed by atoms with E-state index in [2.05, 4.69) is 10.3 Å². The van der Waals surface area contributed by atoms with Crippen molar-refractivity contribution in [1.82, 2.24) is 9.88 Å². The number of urea groups is 1. The molecule has 166 valence electrons. The number of nitrogens with one attached hydrogen (secondary N) is 1. The number of fused-ring (bicyclic) bond motifs is 1. The molecule has 2 heterocycles. The first kappa shape index (κ1) is 21.6. The second-order valence-electron chi connectivity index (χ2n) is 7.85. The minimum atomic E-state index is -0.293. The molecular weight excluding hydrogens is 424 g/mol. The molecule has 32 heavy (non-hydrogen) atoms. The largest absolute Gasteiger partial charge is 0.397 e. The van der Waals surface area contributed by atoms with E-state index >= 15 is 0 Å². The van der Waals surface area contributed by atoms with Crippen LogP contribution in [0.2, 0.25) is 0 Å². The first-order valence-electron chi connectivity index (χ1n) is 10.3. The van der Waals surface area contributed by atoms with E-state index in [0.717, 1.165) is 21.9 Å². The fraction of sp³-hybridized carbons (Fsp3) is 0.261. The molecule has 0 fully saturated rings. The second kappa shape index (κ2) is 8.88. The predicted molar refractivity (Wildman–Crippen MR) is 130 cm³/mol. The molecule has 0 atom stereocenters. The summed E-state index contributed by atoms with van der Waals surface area (Å²) < 4.78 is 0. The predicted octanol–water partition coefficient (Wildman–Crippen LogP) is 3.66. The van der Waals surface area contributed by atoms with E-state index in [1.54, 1.807) is 29.0 Å². The number of aromatic nitrogens is 1.